The lowest BCUT2D eigenvalue weighted by atomic mass is 9.86. The van der Waals surface area contributed by atoms with Crippen LogP contribution in [0.1, 0.15) is 103 Å². The first kappa shape index (κ1) is 63.4. The molecule has 3 aromatic carbocycles. The number of aliphatic hydroxyl groups is 1. The predicted molar refractivity (Wildman–Crippen MR) is 302 cm³/mol. The zero-order chi connectivity index (χ0) is 58.4. The summed E-state index contributed by atoms with van der Waals surface area (Å²) in [6, 6.07) is 33.8. The second-order valence-electron chi connectivity index (χ2n) is 18.3. The van der Waals surface area contributed by atoms with E-state index in [1.54, 1.807) is 56.3 Å². The van der Waals surface area contributed by atoms with Crippen molar-refractivity contribution in [1.82, 2.24) is 29.8 Å². The normalized spacial score (nSPS) is 15.7. The van der Waals surface area contributed by atoms with Gasteiger partial charge in [0, 0.05) is 51.6 Å². The molecule has 80 heavy (non-hydrogen) atoms. The van der Waals surface area contributed by atoms with Gasteiger partial charge in [0.25, 0.3) is 19.2 Å². The molecule has 4 unspecified atom stereocenters. The Labute approximate surface area is 485 Å². The Morgan fingerprint density at radius 2 is 1.12 bits per heavy atom. The molecule has 10 rings (SSSR count). The summed E-state index contributed by atoms with van der Waals surface area (Å²) >= 11 is 15.6. The number of aryl methyl sites for hydroxylation is 2. The van der Waals surface area contributed by atoms with Crippen LogP contribution in [-0.2, 0) is 33.7 Å². The number of fused-ring (bicyclic) bond motifs is 2. The van der Waals surface area contributed by atoms with Crippen molar-refractivity contribution in [3.05, 3.63) is 241 Å². The second-order valence-corrected chi connectivity index (χ2v) is 24.1. The van der Waals surface area contributed by atoms with Crippen molar-refractivity contribution in [1.29, 1.82) is 0 Å². The summed E-state index contributed by atoms with van der Waals surface area (Å²) in [6.07, 6.45) is 6.33. The first-order valence-electron chi connectivity index (χ1n) is 24.5. The number of nitrogens with zero attached hydrogens (tertiary/aromatic N) is 6. The van der Waals surface area contributed by atoms with E-state index < -0.39 is 42.8 Å². The van der Waals surface area contributed by atoms with Crippen LogP contribution in [-0.4, -0.2) is 64.9 Å². The van der Waals surface area contributed by atoms with E-state index in [2.05, 4.69) is 53.8 Å². The van der Waals surface area contributed by atoms with Gasteiger partial charge in [-0.05, 0) is 166 Å². The lowest BCUT2D eigenvalue weighted by Crippen LogP contribution is -2.44. The van der Waals surface area contributed by atoms with Gasteiger partial charge in [-0.1, -0.05) is 64.7 Å². The molecule has 2 aliphatic heterocycles. The van der Waals surface area contributed by atoms with E-state index in [1.807, 2.05) is 38.2 Å². The Morgan fingerprint density at radius 1 is 0.650 bits per heavy atom. The number of pyridine rings is 5. The molecule has 0 aliphatic carbocycles. The highest BCUT2D eigenvalue weighted by Crippen LogP contribution is 2.51. The first-order valence-corrected chi connectivity index (χ1v) is 29.7. The number of piperidine rings is 1. The third-order valence-corrected chi connectivity index (χ3v) is 16.0. The molecule has 1 fully saturated rings. The van der Waals surface area contributed by atoms with Gasteiger partial charge in [-0.3, -0.25) is 29.0 Å². The number of hydrogen-bond donors (Lipinski definition) is 1. The van der Waals surface area contributed by atoms with Gasteiger partial charge in [0.2, 0.25) is 0 Å². The maximum atomic E-state index is 13.2. The number of benzene rings is 3. The molecule has 13 nitrogen and oxygen atoms in total. The van der Waals surface area contributed by atoms with E-state index in [9.17, 15) is 34.4 Å². The number of aliphatic hydroxyl groups excluding tert-OH is 1. The molecule has 422 valence electrons. The quantitative estimate of drug-likeness (QED) is 0.0626. The van der Waals surface area contributed by atoms with E-state index in [0.717, 1.165) is 78.2 Å². The van der Waals surface area contributed by atoms with E-state index in [0.29, 0.717) is 26.0 Å². The summed E-state index contributed by atoms with van der Waals surface area (Å²) in [5, 5.41) is 10.1. The summed E-state index contributed by atoms with van der Waals surface area (Å²) in [5.74, 6) is -1.50. The van der Waals surface area contributed by atoms with Crippen LogP contribution in [0.5, 0.6) is 0 Å². The summed E-state index contributed by atoms with van der Waals surface area (Å²) in [5.41, 5.74) is 6.24. The van der Waals surface area contributed by atoms with Crippen molar-refractivity contribution in [2.45, 2.75) is 87.2 Å². The molecule has 8 aromatic rings. The minimum Gasteiger partial charge on any atom is -0.387 e. The molecule has 5 aromatic heterocycles. The molecule has 4 atom stereocenters. The molecule has 0 amide bonds. The average molecular weight is 1260 g/mol. The fourth-order valence-corrected chi connectivity index (χ4v) is 10.7. The highest BCUT2D eigenvalue weighted by molar-refractivity contribution is 9.10. The van der Waals surface area contributed by atoms with Crippen LogP contribution in [0.15, 0.2) is 173 Å². The van der Waals surface area contributed by atoms with Gasteiger partial charge in [-0.15, -0.1) is 0 Å². The van der Waals surface area contributed by atoms with E-state index in [4.69, 9.17) is 52.9 Å². The minimum atomic E-state index is -3.87. The molecule has 0 radical (unpaired) electrons. The average Bonchev–Trinajstić information content (AvgIpc) is 3.97. The van der Waals surface area contributed by atoms with Crippen molar-refractivity contribution in [3.63, 3.8) is 0 Å². The number of likely N-dealkylation sites (tertiary alicyclic amines) is 1. The number of ether oxygens (including phenoxy) is 1. The molecule has 7 heterocycles. The van der Waals surface area contributed by atoms with E-state index >= 15 is 0 Å². The SMILES string of the molecule is CC(O)c1ccc(F)cn1.CC(c1ccc(F)cn1)N1CCC2(CC1)OC(c1cc(Cl)cc(Cl)c1)c1cccnc12.Cc1ccc(S(=O)(=O)Cl)cc1.Cc1ccc(S(=O)(=O)OC(C)c2ccc(F)cn2)cc1.Fc1ccc(Br)nc1. The van der Waals surface area contributed by atoms with Crippen molar-refractivity contribution >= 4 is 69.0 Å². The lowest BCUT2D eigenvalue weighted by Gasteiger charge is -2.41. The summed E-state index contributed by atoms with van der Waals surface area (Å²) in [7, 11) is -2.33. The van der Waals surface area contributed by atoms with Crippen molar-refractivity contribution in [3.8, 4) is 0 Å². The van der Waals surface area contributed by atoms with Crippen molar-refractivity contribution in [2.75, 3.05) is 13.1 Å². The molecule has 23 heteroatoms. The van der Waals surface area contributed by atoms with E-state index in [1.165, 1.54) is 66.9 Å². The highest BCUT2D eigenvalue weighted by atomic mass is 79.9. The summed E-state index contributed by atoms with van der Waals surface area (Å²) in [4.78, 5) is 22.7. The first-order chi connectivity index (χ1) is 37.8. The van der Waals surface area contributed by atoms with Crippen LogP contribution in [0.2, 0.25) is 10.0 Å². The molecular formula is C57H54BrCl3F4N6O7S2. The Kier molecular flexibility index (Phi) is 22.8. The topological polar surface area (TPSA) is 175 Å². The number of aromatic nitrogens is 5. The van der Waals surface area contributed by atoms with Gasteiger partial charge in [0.15, 0.2) is 0 Å². The highest BCUT2D eigenvalue weighted by Gasteiger charge is 2.49. The Morgan fingerprint density at radius 3 is 1.57 bits per heavy atom. The maximum Gasteiger partial charge on any atom is 0.297 e. The van der Waals surface area contributed by atoms with Crippen LogP contribution in [0.25, 0.3) is 0 Å². The molecule has 1 saturated heterocycles. The largest absolute Gasteiger partial charge is 0.387 e. The van der Waals surface area contributed by atoms with Crippen LogP contribution < -0.4 is 0 Å². The van der Waals surface area contributed by atoms with Crippen LogP contribution in [0, 0.1) is 37.1 Å². The summed E-state index contributed by atoms with van der Waals surface area (Å²) in [6.45, 7) is 10.6. The van der Waals surface area contributed by atoms with Gasteiger partial charge in [0.1, 0.15) is 45.7 Å². The zero-order valence-electron chi connectivity index (χ0n) is 43.6. The standard InChI is InChI=1S/C24H22Cl2FN3O.C14H14FNO3S.C7H7ClO2S.C7H8FNO.C5H3BrFN/c1-15(21-5-4-19(27)14-29-21)30-9-6-24(7-10-30)23-20(3-2-8-28-23)22(31-24)16-11-17(25)13-18(26)12-16;1-10-3-6-13(7-4-10)20(17,18)19-11(2)14-8-5-12(15)9-16-14;1-6-2-4-7(5-3-6)11(8,9)10;1-5(10)7-3-2-6(8)4-9-7;6-5-2-1-4(7)3-8-5/h2-5,8,11-15,22H,6-7,9-10H2,1H3;3-9,11H,1-2H3;2-5H,1H3;2-5,10H,1H3;1-3H. The maximum absolute atomic E-state index is 13.2. The second kappa shape index (κ2) is 28.8. The van der Waals surface area contributed by atoms with Gasteiger partial charge in [-0.25, -0.2) is 31.0 Å². The van der Waals surface area contributed by atoms with Crippen molar-refractivity contribution in [2.24, 2.45) is 0 Å². The van der Waals surface area contributed by atoms with Crippen LogP contribution in [0.4, 0.5) is 17.6 Å². The molecule has 0 saturated carbocycles. The third kappa shape index (κ3) is 18.4. The molecular weight excluding hydrogens is 1210 g/mol. The Balaban J connectivity index is 0.000000179. The Hall–Kier alpha value is -5.78. The van der Waals surface area contributed by atoms with E-state index in [-0.39, 0.29) is 39.4 Å². The van der Waals surface area contributed by atoms with Gasteiger partial charge in [-0.2, -0.15) is 8.42 Å². The fourth-order valence-electron chi connectivity index (χ4n) is 8.10. The smallest absolute Gasteiger partial charge is 0.297 e. The number of hydrogen-bond acceptors (Lipinski definition) is 13. The fraction of sp³-hybridized carbons (Fsp3) is 0.246. The van der Waals surface area contributed by atoms with Gasteiger partial charge < -0.3 is 9.84 Å². The zero-order valence-corrected chi connectivity index (χ0v) is 49.1. The number of rotatable bonds is 9. The molecule has 1 N–H and O–H groups in total. The van der Waals surface area contributed by atoms with Crippen molar-refractivity contribution < 1.29 is 48.4 Å². The van der Waals surface area contributed by atoms with Gasteiger partial charge in [0.05, 0.1) is 63.5 Å². The Bertz CT molecular complexity index is 3470. The molecule has 2 aliphatic rings. The molecule has 1 spiro atoms. The molecule has 0 bridgehead atoms. The van der Waals surface area contributed by atoms with Gasteiger partial charge >= 0.3 is 0 Å². The summed E-state index contributed by atoms with van der Waals surface area (Å²) < 4.78 is 108. The lowest BCUT2D eigenvalue weighted by molar-refractivity contribution is -0.103. The number of halogens is 8. The van der Waals surface area contributed by atoms with Crippen LogP contribution in [0.3, 0.4) is 0 Å². The monoisotopic (exact) mass is 1260 g/mol. The van der Waals surface area contributed by atoms with Crippen LogP contribution >= 0.6 is 49.8 Å². The predicted octanol–water partition coefficient (Wildman–Crippen LogP) is 14.3. The third-order valence-electron chi connectivity index (χ3n) is 12.3. The minimum absolute atomic E-state index is 0.0806.